The van der Waals surface area contributed by atoms with Crippen LogP contribution in [0.5, 0.6) is 0 Å². The minimum Gasteiger partial charge on any atom is -0.396 e. The fourth-order valence-corrected chi connectivity index (χ4v) is 1.70. The van der Waals surface area contributed by atoms with Crippen molar-refractivity contribution in [2.24, 2.45) is 5.41 Å². The van der Waals surface area contributed by atoms with E-state index in [-0.39, 0.29) is 27.4 Å². The van der Waals surface area contributed by atoms with Crippen LogP contribution in [0.4, 0.5) is 5.69 Å². The Kier molecular flexibility index (Phi) is 4.51. The van der Waals surface area contributed by atoms with Gasteiger partial charge >= 0.3 is 0 Å². The zero-order valence-corrected chi connectivity index (χ0v) is 12.5. The third kappa shape index (κ3) is 3.53. The Hall–Kier alpha value is -0.930. The van der Waals surface area contributed by atoms with Crippen molar-refractivity contribution < 1.29 is 4.79 Å². The number of hydrogen-bond donors (Lipinski definition) is 2. The maximum Gasteiger partial charge on any atom is 0.251 e. The molecule has 0 spiro atoms. The van der Waals surface area contributed by atoms with Crippen LogP contribution in [0.3, 0.4) is 0 Å². The fourth-order valence-electron chi connectivity index (χ4n) is 1.21. The zero-order valence-electron chi connectivity index (χ0n) is 11.0. The van der Waals surface area contributed by atoms with Gasteiger partial charge in [-0.1, -0.05) is 44.0 Å². The maximum absolute atomic E-state index is 12.0. The van der Waals surface area contributed by atoms with E-state index >= 15 is 0 Å². The number of carbonyl (C=O) groups excluding carboxylic acids is 1. The summed E-state index contributed by atoms with van der Waals surface area (Å²) in [5.41, 5.74) is 6.31. The van der Waals surface area contributed by atoms with E-state index < -0.39 is 0 Å². The monoisotopic (exact) mass is 288 g/mol. The fraction of sp³-hybridized carbons (Fsp3) is 0.462. The number of benzene rings is 1. The zero-order chi connectivity index (χ0) is 14.1. The van der Waals surface area contributed by atoms with Gasteiger partial charge in [0.25, 0.3) is 5.91 Å². The number of nitrogens with two attached hydrogens (primary N) is 1. The smallest absolute Gasteiger partial charge is 0.251 e. The Bertz CT molecular complexity index is 444. The van der Waals surface area contributed by atoms with Gasteiger partial charge in [0.15, 0.2) is 0 Å². The molecule has 0 aromatic heterocycles. The highest BCUT2D eigenvalue weighted by molar-refractivity contribution is 6.39. The second-order valence-corrected chi connectivity index (χ2v) is 6.23. The van der Waals surface area contributed by atoms with Crippen LogP contribution >= 0.6 is 23.2 Å². The Morgan fingerprint density at radius 1 is 1.28 bits per heavy atom. The Morgan fingerprint density at radius 2 is 1.72 bits per heavy atom. The lowest BCUT2D eigenvalue weighted by atomic mass is 9.88. The topological polar surface area (TPSA) is 55.1 Å². The van der Waals surface area contributed by atoms with E-state index in [0.717, 1.165) is 0 Å². The van der Waals surface area contributed by atoms with Gasteiger partial charge in [-0.25, -0.2) is 0 Å². The minimum absolute atomic E-state index is 0.0168. The molecule has 0 heterocycles. The van der Waals surface area contributed by atoms with Gasteiger partial charge in [0.1, 0.15) is 0 Å². The molecule has 1 rings (SSSR count). The Labute approximate surface area is 118 Å². The molecule has 1 aromatic rings. The van der Waals surface area contributed by atoms with Gasteiger partial charge in [-0.2, -0.15) is 0 Å². The summed E-state index contributed by atoms with van der Waals surface area (Å²) in [6.07, 6.45) is 0. The number of rotatable bonds is 2. The molecule has 5 heteroatoms. The highest BCUT2D eigenvalue weighted by Gasteiger charge is 2.22. The molecule has 1 amide bonds. The van der Waals surface area contributed by atoms with E-state index in [4.69, 9.17) is 28.9 Å². The van der Waals surface area contributed by atoms with Gasteiger partial charge in [0.2, 0.25) is 0 Å². The lowest BCUT2D eigenvalue weighted by molar-refractivity contribution is 0.0910. The molecule has 100 valence electrons. The molecule has 0 aliphatic rings. The lowest BCUT2D eigenvalue weighted by Crippen LogP contribution is -2.41. The lowest BCUT2D eigenvalue weighted by Gasteiger charge is -2.28. The first-order valence-electron chi connectivity index (χ1n) is 5.68. The molecular weight excluding hydrogens is 271 g/mol. The molecule has 3 N–H and O–H groups in total. The summed E-state index contributed by atoms with van der Waals surface area (Å²) < 4.78 is 0. The second kappa shape index (κ2) is 5.37. The first-order valence-corrected chi connectivity index (χ1v) is 6.44. The average molecular weight is 289 g/mol. The van der Waals surface area contributed by atoms with E-state index in [1.807, 2.05) is 6.92 Å². The van der Waals surface area contributed by atoms with Crippen LogP contribution in [0.2, 0.25) is 10.0 Å². The molecule has 0 saturated carbocycles. The van der Waals surface area contributed by atoms with Crippen LogP contribution in [-0.4, -0.2) is 11.9 Å². The van der Waals surface area contributed by atoms with Crippen LogP contribution in [0.15, 0.2) is 12.1 Å². The molecule has 0 aliphatic carbocycles. The third-order valence-corrected chi connectivity index (χ3v) is 3.61. The number of nitrogens with one attached hydrogen (secondary N) is 1. The molecule has 1 atom stereocenters. The van der Waals surface area contributed by atoms with Crippen LogP contribution in [-0.2, 0) is 0 Å². The van der Waals surface area contributed by atoms with Crippen molar-refractivity contribution in [3.8, 4) is 0 Å². The molecule has 0 radical (unpaired) electrons. The summed E-state index contributed by atoms with van der Waals surface area (Å²) in [6.45, 7) is 8.13. The van der Waals surface area contributed by atoms with E-state index in [9.17, 15) is 4.79 Å². The van der Waals surface area contributed by atoms with Crippen molar-refractivity contribution in [1.29, 1.82) is 0 Å². The minimum atomic E-state index is -0.207. The summed E-state index contributed by atoms with van der Waals surface area (Å²) in [5.74, 6) is -0.207. The van der Waals surface area contributed by atoms with Crippen LogP contribution < -0.4 is 11.1 Å². The summed E-state index contributed by atoms with van der Waals surface area (Å²) in [6, 6.07) is 3.07. The molecule has 1 unspecified atom stereocenters. The van der Waals surface area contributed by atoms with Crippen molar-refractivity contribution in [3.63, 3.8) is 0 Å². The van der Waals surface area contributed by atoms with Gasteiger partial charge in [-0.05, 0) is 24.5 Å². The third-order valence-electron chi connectivity index (χ3n) is 2.99. The van der Waals surface area contributed by atoms with Crippen molar-refractivity contribution in [2.45, 2.75) is 33.7 Å². The van der Waals surface area contributed by atoms with E-state index in [1.54, 1.807) is 0 Å². The molecule has 3 nitrogen and oxygen atoms in total. The number of amides is 1. The van der Waals surface area contributed by atoms with Crippen LogP contribution in [0, 0.1) is 5.41 Å². The number of halogens is 2. The highest BCUT2D eigenvalue weighted by Crippen LogP contribution is 2.29. The van der Waals surface area contributed by atoms with Gasteiger partial charge in [0.05, 0.1) is 15.7 Å². The highest BCUT2D eigenvalue weighted by atomic mass is 35.5. The molecule has 0 bridgehead atoms. The van der Waals surface area contributed by atoms with Crippen molar-refractivity contribution in [2.75, 3.05) is 5.73 Å². The normalized spacial score (nSPS) is 13.2. The van der Waals surface area contributed by atoms with Gasteiger partial charge in [0, 0.05) is 11.6 Å². The van der Waals surface area contributed by atoms with Gasteiger partial charge in [-0.3, -0.25) is 4.79 Å². The molecule has 0 fully saturated rings. The van der Waals surface area contributed by atoms with E-state index in [1.165, 1.54) is 12.1 Å². The van der Waals surface area contributed by atoms with Crippen LogP contribution in [0.1, 0.15) is 38.1 Å². The van der Waals surface area contributed by atoms with E-state index in [2.05, 4.69) is 26.1 Å². The number of carbonyl (C=O) groups is 1. The van der Waals surface area contributed by atoms with Crippen molar-refractivity contribution in [3.05, 3.63) is 27.7 Å². The van der Waals surface area contributed by atoms with Crippen LogP contribution in [0.25, 0.3) is 0 Å². The Balaban J connectivity index is 2.92. The van der Waals surface area contributed by atoms with Gasteiger partial charge < -0.3 is 11.1 Å². The average Bonchev–Trinajstić information content (AvgIpc) is 2.23. The first kappa shape index (κ1) is 15.1. The number of anilines is 1. The van der Waals surface area contributed by atoms with Gasteiger partial charge in [-0.15, -0.1) is 0 Å². The number of nitrogen functional groups attached to an aromatic ring is 1. The predicted molar refractivity (Wildman–Crippen MR) is 77.3 cm³/mol. The summed E-state index contributed by atoms with van der Waals surface area (Å²) in [4.78, 5) is 12.0. The molecule has 18 heavy (non-hydrogen) atoms. The standard InChI is InChI=1S/C13H18Cl2N2O/c1-7(13(2,3)4)17-12(18)8-5-9(14)11(16)10(15)6-8/h5-7H,16H2,1-4H3,(H,17,18). The maximum atomic E-state index is 12.0. The summed E-state index contributed by atoms with van der Waals surface area (Å²) in [5, 5.41) is 3.49. The first-order chi connectivity index (χ1) is 8.12. The summed E-state index contributed by atoms with van der Waals surface area (Å²) >= 11 is 11.8. The molecule has 1 aromatic carbocycles. The largest absolute Gasteiger partial charge is 0.396 e. The Morgan fingerprint density at radius 3 is 2.11 bits per heavy atom. The molecular formula is C13H18Cl2N2O. The molecule has 0 aliphatic heterocycles. The van der Waals surface area contributed by atoms with Crippen molar-refractivity contribution in [1.82, 2.24) is 5.32 Å². The second-order valence-electron chi connectivity index (χ2n) is 5.41. The van der Waals surface area contributed by atoms with E-state index in [0.29, 0.717) is 11.3 Å². The summed E-state index contributed by atoms with van der Waals surface area (Å²) in [7, 11) is 0. The molecule has 0 saturated heterocycles. The predicted octanol–water partition coefficient (Wildman–Crippen LogP) is 3.74. The van der Waals surface area contributed by atoms with Crippen molar-refractivity contribution >= 4 is 34.8 Å². The number of hydrogen-bond acceptors (Lipinski definition) is 2. The SMILES string of the molecule is CC(NC(=O)c1cc(Cl)c(N)c(Cl)c1)C(C)(C)C. The quantitative estimate of drug-likeness (QED) is 0.815.